The monoisotopic (exact) mass is 466 g/mol. The van der Waals surface area contributed by atoms with E-state index in [1.165, 1.54) is 0 Å². The van der Waals surface area contributed by atoms with E-state index in [2.05, 4.69) is 21.6 Å². The van der Waals surface area contributed by atoms with Crippen LogP contribution in [0.3, 0.4) is 0 Å². The summed E-state index contributed by atoms with van der Waals surface area (Å²) in [4.78, 5) is 12.1. The number of hydrogen-bond acceptors (Lipinski definition) is 9. The Labute approximate surface area is 201 Å². The van der Waals surface area contributed by atoms with Crippen molar-refractivity contribution >= 4 is 11.6 Å². The van der Waals surface area contributed by atoms with Crippen LogP contribution in [0.15, 0.2) is 24.3 Å². The lowest BCUT2D eigenvalue weighted by Gasteiger charge is -2.26. The van der Waals surface area contributed by atoms with Crippen molar-refractivity contribution in [3.05, 3.63) is 29.8 Å². The van der Waals surface area contributed by atoms with E-state index in [1.54, 1.807) is 7.05 Å². The van der Waals surface area contributed by atoms with Crippen molar-refractivity contribution in [3.8, 4) is 23.2 Å². The number of hydrogen-bond donors (Lipinski definition) is 3. The van der Waals surface area contributed by atoms with Crippen LogP contribution in [0, 0.1) is 18.3 Å². The maximum absolute atomic E-state index is 9.97. The summed E-state index contributed by atoms with van der Waals surface area (Å²) < 4.78 is 11.3. The number of aliphatic hydroxyl groups is 1. The van der Waals surface area contributed by atoms with Gasteiger partial charge in [-0.15, -0.1) is 0 Å². The molecule has 1 aromatic heterocycles. The van der Waals surface area contributed by atoms with E-state index in [1.807, 2.05) is 31.2 Å². The number of aromatic nitrogens is 2. The van der Waals surface area contributed by atoms with Crippen LogP contribution in [0.4, 0.5) is 11.6 Å². The molecule has 1 unspecified atom stereocenters. The molecule has 2 heterocycles. The molecule has 1 aliphatic heterocycles. The molecule has 0 spiro atoms. The number of nitriles is 1. The predicted molar refractivity (Wildman–Crippen MR) is 131 cm³/mol. The third kappa shape index (κ3) is 6.14. The fourth-order valence-corrected chi connectivity index (χ4v) is 4.13. The molecule has 1 saturated heterocycles. The van der Waals surface area contributed by atoms with Gasteiger partial charge in [0.2, 0.25) is 0 Å². The first-order valence-corrected chi connectivity index (χ1v) is 12.0. The van der Waals surface area contributed by atoms with Crippen LogP contribution in [-0.4, -0.2) is 73.2 Å². The van der Waals surface area contributed by atoms with Crippen molar-refractivity contribution in [2.75, 3.05) is 50.2 Å². The number of nitrogens with one attached hydrogen (secondary N) is 2. The van der Waals surface area contributed by atoms with Crippen molar-refractivity contribution in [2.45, 2.75) is 50.8 Å². The molecule has 1 saturated carbocycles. The summed E-state index contributed by atoms with van der Waals surface area (Å²) in [6.07, 6.45) is 3.02. The van der Waals surface area contributed by atoms with Gasteiger partial charge in [-0.25, -0.2) is 9.97 Å². The van der Waals surface area contributed by atoms with Crippen molar-refractivity contribution in [3.63, 3.8) is 0 Å². The normalized spacial score (nSPS) is 18.4. The van der Waals surface area contributed by atoms with Gasteiger partial charge in [0.05, 0.1) is 25.1 Å². The molecule has 0 amide bonds. The molecule has 182 valence electrons. The van der Waals surface area contributed by atoms with E-state index in [0.29, 0.717) is 43.7 Å². The zero-order valence-electron chi connectivity index (χ0n) is 20.0. The summed E-state index contributed by atoms with van der Waals surface area (Å²) in [5, 5.41) is 25.7. The Bertz CT molecular complexity index is 1000. The predicted octanol–water partition coefficient (Wildman–Crippen LogP) is 2.49. The van der Waals surface area contributed by atoms with Gasteiger partial charge < -0.3 is 30.1 Å². The second kappa shape index (κ2) is 11.5. The third-order valence-corrected chi connectivity index (χ3v) is 6.09. The molecular weight excluding hydrogens is 432 g/mol. The minimum absolute atomic E-state index is 0.197. The van der Waals surface area contributed by atoms with Crippen LogP contribution in [-0.2, 0) is 4.74 Å². The highest BCUT2D eigenvalue weighted by Gasteiger charge is 2.32. The molecule has 0 bridgehead atoms. The summed E-state index contributed by atoms with van der Waals surface area (Å²) in [5.74, 6) is 2.93. The van der Waals surface area contributed by atoms with Gasteiger partial charge in [-0.3, -0.25) is 0 Å². The van der Waals surface area contributed by atoms with Gasteiger partial charge in [0, 0.05) is 36.9 Å². The first-order valence-electron chi connectivity index (χ1n) is 12.0. The maximum atomic E-state index is 9.97. The molecule has 4 rings (SSSR count). The molecule has 1 aromatic carbocycles. The molecule has 2 atom stereocenters. The van der Waals surface area contributed by atoms with Crippen LogP contribution in [0.25, 0.3) is 11.4 Å². The zero-order valence-corrected chi connectivity index (χ0v) is 20.0. The van der Waals surface area contributed by atoms with E-state index in [-0.39, 0.29) is 12.6 Å². The Hall–Kier alpha value is -2.93. The lowest BCUT2D eigenvalue weighted by Crippen LogP contribution is -2.30. The Kier molecular flexibility index (Phi) is 8.16. The van der Waals surface area contributed by atoms with Crippen LogP contribution in [0.5, 0.6) is 5.75 Å². The minimum atomic E-state index is -0.590. The van der Waals surface area contributed by atoms with Gasteiger partial charge in [-0.1, -0.05) is 12.1 Å². The van der Waals surface area contributed by atoms with Crippen molar-refractivity contribution < 1.29 is 14.6 Å². The van der Waals surface area contributed by atoms with Gasteiger partial charge in [0.15, 0.2) is 5.82 Å². The quantitative estimate of drug-likeness (QED) is 0.434. The summed E-state index contributed by atoms with van der Waals surface area (Å²) in [6, 6.07) is 10.5. The van der Waals surface area contributed by atoms with E-state index in [4.69, 9.17) is 19.4 Å². The molecular formula is C25H34N6O3. The highest BCUT2D eigenvalue weighted by atomic mass is 16.5. The fraction of sp³-hybridized carbons (Fsp3) is 0.560. The maximum Gasteiger partial charge on any atom is 0.164 e. The van der Waals surface area contributed by atoms with Gasteiger partial charge in [-0.05, 0) is 45.4 Å². The smallest absolute Gasteiger partial charge is 0.164 e. The summed E-state index contributed by atoms with van der Waals surface area (Å²) in [5.41, 5.74) is 1.83. The van der Waals surface area contributed by atoms with Gasteiger partial charge >= 0.3 is 0 Å². The van der Waals surface area contributed by atoms with E-state index in [9.17, 15) is 10.4 Å². The molecule has 2 fully saturated rings. The highest BCUT2D eigenvalue weighted by Crippen LogP contribution is 2.36. The average molecular weight is 467 g/mol. The second-order valence-corrected chi connectivity index (χ2v) is 8.93. The Morgan fingerprint density at radius 3 is 2.88 bits per heavy atom. The second-order valence-electron chi connectivity index (χ2n) is 8.93. The largest absolute Gasteiger partial charge is 0.491 e. The minimum Gasteiger partial charge on any atom is -0.491 e. The van der Waals surface area contributed by atoms with Crippen LogP contribution in [0.1, 0.15) is 31.2 Å². The Morgan fingerprint density at radius 2 is 2.18 bits per heavy atom. The topological polar surface area (TPSA) is 116 Å². The van der Waals surface area contributed by atoms with E-state index in [0.717, 1.165) is 48.6 Å². The number of rotatable bonds is 12. The number of nitrogens with zero attached hydrogens (tertiary/aromatic N) is 4. The Balaban J connectivity index is 1.66. The highest BCUT2D eigenvalue weighted by molar-refractivity contribution is 5.67. The molecule has 34 heavy (non-hydrogen) atoms. The van der Waals surface area contributed by atoms with Crippen molar-refractivity contribution in [1.82, 2.24) is 15.3 Å². The van der Waals surface area contributed by atoms with Crippen LogP contribution in [0.2, 0.25) is 0 Å². The molecule has 9 heteroatoms. The lowest BCUT2D eigenvalue weighted by molar-refractivity contribution is 0.108. The SMILES string of the molecule is CNCC(O)COc1cccc(-c2nc(N[C@@H]3CCOC3)c(C)c(N(CCC#N)C3CC3)n2)c1. The van der Waals surface area contributed by atoms with Gasteiger partial charge in [-0.2, -0.15) is 5.26 Å². The number of aliphatic hydroxyl groups excluding tert-OH is 1. The third-order valence-electron chi connectivity index (χ3n) is 6.09. The number of ether oxygens (including phenoxy) is 2. The fourth-order valence-electron chi connectivity index (χ4n) is 4.13. The van der Waals surface area contributed by atoms with Crippen molar-refractivity contribution in [2.24, 2.45) is 0 Å². The summed E-state index contributed by atoms with van der Waals surface area (Å²) >= 11 is 0. The number of anilines is 2. The van der Waals surface area contributed by atoms with E-state index >= 15 is 0 Å². The molecule has 2 aromatic rings. The molecule has 0 radical (unpaired) electrons. The summed E-state index contributed by atoms with van der Waals surface area (Å²) in [6.45, 7) is 4.76. The van der Waals surface area contributed by atoms with Gasteiger partial charge in [0.1, 0.15) is 30.1 Å². The first kappa shape index (κ1) is 24.2. The van der Waals surface area contributed by atoms with Crippen LogP contribution >= 0.6 is 0 Å². The summed E-state index contributed by atoms with van der Waals surface area (Å²) in [7, 11) is 1.79. The van der Waals surface area contributed by atoms with Gasteiger partial charge in [0.25, 0.3) is 0 Å². The molecule has 2 aliphatic rings. The first-order chi connectivity index (χ1) is 16.6. The van der Waals surface area contributed by atoms with Crippen LogP contribution < -0.4 is 20.3 Å². The van der Waals surface area contributed by atoms with E-state index < -0.39 is 6.10 Å². The molecule has 1 aliphatic carbocycles. The number of likely N-dealkylation sites (N-methyl/N-ethyl adjacent to an activating group) is 1. The Morgan fingerprint density at radius 1 is 1.32 bits per heavy atom. The standard InChI is InChI=1S/C25H34N6O3/c1-17-23(28-19-9-12-33-15-19)29-24(30-25(17)31(11-4-10-26)20-7-8-20)18-5-3-6-22(13-18)34-16-21(32)14-27-2/h3,5-6,13,19-21,27,32H,4,7-9,11-12,14-16H2,1-2H3,(H,28,29,30)/t19-,21?/m1/s1. The van der Waals surface area contributed by atoms with Crippen molar-refractivity contribution in [1.29, 1.82) is 5.26 Å². The lowest BCUT2D eigenvalue weighted by atomic mass is 10.1. The number of benzene rings is 1. The molecule has 3 N–H and O–H groups in total. The zero-order chi connectivity index (χ0) is 23.9. The average Bonchev–Trinajstić information content (AvgIpc) is 3.55. The molecule has 9 nitrogen and oxygen atoms in total.